The molecule has 0 saturated heterocycles. The van der Waals surface area contributed by atoms with Gasteiger partial charge in [0, 0.05) is 17.4 Å². The van der Waals surface area contributed by atoms with Crippen LogP contribution in [0.4, 0.5) is 0 Å². The second-order valence-electron chi connectivity index (χ2n) is 1.34. The molecule has 0 aromatic rings. The van der Waals surface area contributed by atoms with Crippen molar-refractivity contribution < 1.29 is 0 Å². The minimum Gasteiger partial charge on any atom is -0.312 e. The van der Waals surface area contributed by atoms with E-state index < -0.39 is 0 Å². The molecule has 0 atom stereocenters. The largest absolute Gasteiger partial charge is 0.312 e. The van der Waals surface area contributed by atoms with Crippen LogP contribution in [0.15, 0.2) is 0 Å². The third kappa shape index (κ3) is 115. The van der Waals surface area contributed by atoms with Crippen LogP contribution >= 0.6 is 0 Å². The van der Waals surface area contributed by atoms with Crippen molar-refractivity contribution in [3.63, 3.8) is 0 Å². The molecular formula is C3H9AlN. The minimum atomic E-state index is 0. The van der Waals surface area contributed by atoms with Crippen LogP contribution in [0.25, 0.3) is 0 Å². The summed E-state index contributed by atoms with van der Waals surface area (Å²) in [7, 11) is 6.00. The van der Waals surface area contributed by atoms with Crippen LogP contribution < -0.4 is 0 Å². The highest BCUT2D eigenvalue weighted by Crippen LogP contribution is 1.47. The van der Waals surface area contributed by atoms with Gasteiger partial charge in [0.1, 0.15) is 0 Å². The van der Waals surface area contributed by atoms with Gasteiger partial charge in [-0.2, -0.15) is 0 Å². The molecule has 0 amide bonds. The van der Waals surface area contributed by atoms with E-state index in [1.807, 2.05) is 26.0 Å². The molecule has 0 aromatic heterocycles. The smallest absolute Gasteiger partial charge is 0 e. The molecular weight excluding hydrogens is 77.0 g/mol. The zero-order valence-corrected chi connectivity index (χ0v) is 5.18. The summed E-state index contributed by atoms with van der Waals surface area (Å²) in [6.45, 7) is 0. The normalized spacial score (nSPS) is 7.20. The Hall–Kier alpha value is 0.492. The Bertz CT molecular complexity index is 11.6. The Morgan fingerprint density at radius 1 is 1.00 bits per heavy atom. The Kier molecular flexibility index (Phi) is 8.17. The molecule has 3 radical (unpaired) electrons. The lowest BCUT2D eigenvalue weighted by Gasteiger charge is -1.90. The fraction of sp³-hybridized carbons (Fsp3) is 1.00. The Morgan fingerprint density at radius 2 is 1.00 bits per heavy atom. The van der Waals surface area contributed by atoms with E-state index in [9.17, 15) is 0 Å². The molecule has 0 unspecified atom stereocenters. The van der Waals surface area contributed by atoms with Gasteiger partial charge in [0.15, 0.2) is 0 Å². The Morgan fingerprint density at radius 3 is 1.00 bits per heavy atom. The average Bonchev–Trinajstić information content (AvgIpc) is 0.811. The van der Waals surface area contributed by atoms with Gasteiger partial charge in [-0.25, -0.2) is 0 Å². The zero-order chi connectivity index (χ0) is 3.58. The summed E-state index contributed by atoms with van der Waals surface area (Å²) in [4.78, 5) is 2.00. The molecule has 0 aliphatic rings. The SMILES string of the molecule is CN(C)C.[Al]. The standard InChI is InChI=1S/C3H9N.Al/c1-4(2)3;/h1-3H3;. The molecule has 1 nitrogen and oxygen atoms in total. The lowest BCUT2D eigenvalue weighted by molar-refractivity contribution is 0.505. The van der Waals surface area contributed by atoms with Crippen molar-refractivity contribution in [3.05, 3.63) is 0 Å². The molecule has 5 heavy (non-hydrogen) atoms. The monoisotopic (exact) mass is 86.1 g/mol. The maximum absolute atomic E-state index is 2.00. The van der Waals surface area contributed by atoms with Gasteiger partial charge in [0.05, 0.1) is 0 Å². The van der Waals surface area contributed by atoms with Crippen LogP contribution in [0.5, 0.6) is 0 Å². The first-order valence-electron chi connectivity index (χ1n) is 1.34. The van der Waals surface area contributed by atoms with Gasteiger partial charge >= 0.3 is 0 Å². The molecule has 0 fully saturated rings. The first-order valence-corrected chi connectivity index (χ1v) is 1.34. The van der Waals surface area contributed by atoms with E-state index in [4.69, 9.17) is 0 Å². The summed E-state index contributed by atoms with van der Waals surface area (Å²) in [5, 5.41) is 0. The first-order chi connectivity index (χ1) is 1.73. The van der Waals surface area contributed by atoms with E-state index in [-0.39, 0.29) is 17.4 Å². The predicted molar refractivity (Wildman–Crippen MR) is 25.4 cm³/mol. The molecule has 0 N–H and O–H groups in total. The topological polar surface area (TPSA) is 3.24 Å². The van der Waals surface area contributed by atoms with Crippen molar-refractivity contribution in [2.24, 2.45) is 0 Å². The third-order valence-electron chi connectivity index (χ3n) is 0. The van der Waals surface area contributed by atoms with Gasteiger partial charge in [0.2, 0.25) is 0 Å². The lowest BCUT2D eigenvalue weighted by atomic mass is 11.0. The summed E-state index contributed by atoms with van der Waals surface area (Å²) in [5.41, 5.74) is 0. The second kappa shape index (κ2) is 4.49. The third-order valence-corrected chi connectivity index (χ3v) is 0. The van der Waals surface area contributed by atoms with E-state index in [0.29, 0.717) is 0 Å². The quantitative estimate of drug-likeness (QED) is 0.369. The molecule has 0 rings (SSSR count). The Labute approximate surface area is 44.1 Å². The van der Waals surface area contributed by atoms with Gasteiger partial charge in [-0.3, -0.25) is 0 Å². The van der Waals surface area contributed by atoms with Crippen molar-refractivity contribution in [3.8, 4) is 0 Å². The van der Waals surface area contributed by atoms with Crippen LogP contribution in [0.2, 0.25) is 0 Å². The summed E-state index contributed by atoms with van der Waals surface area (Å²) < 4.78 is 0. The summed E-state index contributed by atoms with van der Waals surface area (Å²) >= 11 is 0. The number of rotatable bonds is 0. The van der Waals surface area contributed by atoms with Crippen LogP contribution in [0, 0.1) is 0 Å². The molecule has 0 bridgehead atoms. The van der Waals surface area contributed by atoms with Crippen molar-refractivity contribution in [1.29, 1.82) is 0 Å². The molecule has 0 aliphatic carbocycles. The van der Waals surface area contributed by atoms with Crippen LogP contribution in [0.1, 0.15) is 0 Å². The Balaban J connectivity index is 0. The first kappa shape index (κ1) is 9.09. The summed E-state index contributed by atoms with van der Waals surface area (Å²) in [5.74, 6) is 0. The van der Waals surface area contributed by atoms with Crippen LogP contribution in [0.3, 0.4) is 0 Å². The van der Waals surface area contributed by atoms with Crippen LogP contribution in [-0.2, 0) is 0 Å². The molecule has 0 saturated carbocycles. The highest BCUT2D eigenvalue weighted by molar-refractivity contribution is 5.75. The van der Waals surface area contributed by atoms with Crippen molar-refractivity contribution in [2.45, 2.75) is 0 Å². The highest BCUT2D eigenvalue weighted by atomic mass is 27.0. The summed E-state index contributed by atoms with van der Waals surface area (Å²) in [6, 6.07) is 0. The molecule has 29 valence electrons. The van der Waals surface area contributed by atoms with Crippen LogP contribution in [-0.4, -0.2) is 43.4 Å². The maximum atomic E-state index is 2.00. The fourth-order valence-corrected chi connectivity index (χ4v) is 0. The lowest BCUT2D eigenvalue weighted by Crippen LogP contribution is -1.99. The van der Waals surface area contributed by atoms with E-state index in [1.54, 1.807) is 0 Å². The fourth-order valence-electron chi connectivity index (χ4n) is 0. The average molecular weight is 86.1 g/mol. The van der Waals surface area contributed by atoms with Gasteiger partial charge in [0.25, 0.3) is 0 Å². The number of nitrogens with zero attached hydrogens (tertiary/aromatic N) is 1. The van der Waals surface area contributed by atoms with E-state index in [2.05, 4.69) is 0 Å². The van der Waals surface area contributed by atoms with Crippen molar-refractivity contribution in [2.75, 3.05) is 21.1 Å². The zero-order valence-electron chi connectivity index (χ0n) is 4.02. The molecule has 2 heteroatoms. The molecule has 0 aliphatic heterocycles. The van der Waals surface area contributed by atoms with Gasteiger partial charge in [-0.15, -0.1) is 0 Å². The molecule has 0 aromatic carbocycles. The van der Waals surface area contributed by atoms with E-state index in [0.717, 1.165) is 0 Å². The number of hydrogen-bond acceptors (Lipinski definition) is 1. The second-order valence-corrected chi connectivity index (χ2v) is 1.34. The summed E-state index contributed by atoms with van der Waals surface area (Å²) in [6.07, 6.45) is 0. The molecule has 0 heterocycles. The van der Waals surface area contributed by atoms with Crippen molar-refractivity contribution >= 4 is 17.4 Å². The van der Waals surface area contributed by atoms with E-state index >= 15 is 0 Å². The minimum absolute atomic E-state index is 0. The number of hydrogen-bond donors (Lipinski definition) is 0. The van der Waals surface area contributed by atoms with E-state index in [1.165, 1.54) is 0 Å². The van der Waals surface area contributed by atoms with Gasteiger partial charge in [-0.1, -0.05) is 0 Å². The highest BCUT2D eigenvalue weighted by Gasteiger charge is 1.58. The van der Waals surface area contributed by atoms with Gasteiger partial charge < -0.3 is 4.90 Å². The van der Waals surface area contributed by atoms with Crippen molar-refractivity contribution in [1.82, 2.24) is 4.90 Å². The predicted octanol–water partition coefficient (Wildman–Crippen LogP) is -0.203. The molecule has 0 spiro atoms. The maximum Gasteiger partial charge on any atom is 0 e. The van der Waals surface area contributed by atoms with Gasteiger partial charge in [-0.05, 0) is 21.1 Å².